The van der Waals surface area contributed by atoms with Gasteiger partial charge in [-0.2, -0.15) is 0 Å². The van der Waals surface area contributed by atoms with E-state index in [9.17, 15) is 14.0 Å². The molecule has 0 bridgehead atoms. The molecule has 0 aliphatic rings. The highest BCUT2D eigenvalue weighted by molar-refractivity contribution is 5.91. The van der Waals surface area contributed by atoms with Crippen LogP contribution in [-0.4, -0.2) is 29.1 Å². The SMILES string of the molecule is CCC(C)NC(=O)C(C)Oc1c(F)cccc1C(=O)O. The molecule has 1 rings (SSSR count). The Bertz CT molecular complexity index is 504. The van der Waals surface area contributed by atoms with Crippen LogP contribution in [0.2, 0.25) is 0 Å². The van der Waals surface area contributed by atoms with Gasteiger partial charge in [0.1, 0.15) is 5.56 Å². The van der Waals surface area contributed by atoms with Crippen molar-refractivity contribution in [1.82, 2.24) is 5.32 Å². The number of ether oxygens (including phenoxy) is 1. The summed E-state index contributed by atoms with van der Waals surface area (Å²) in [6, 6.07) is 3.55. The van der Waals surface area contributed by atoms with Crippen molar-refractivity contribution < 1.29 is 23.8 Å². The van der Waals surface area contributed by atoms with E-state index in [1.165, 1.54) is 19.1 Å². The lowest BCUT2D eigenvalue weighted by Gasteiger charge is -2.19. The first-order chi connectivity index (χ1) is 9.36. The van der Waals surface area contributed by atoms with E-state index in [1.807, 2.05) is 13.8 Å². The number of hydrogen-bond acceptors (Lipinski definition) is 3. The van der Waals surface area contributed by atoms with Gasteiger partial charge in [-0.1, -0.05) is 13.0 Å². The molecule has 0 aliphatic carbocycles. The van der Waals surface area contributed by atoms with Crippen LogP contribution < -0.4 is 10.1 Å². The van der Waals surface area contributed by atoms with Crippen LogP contribution in [0.3, 0.4) is 0 Å². The standard InChI is InChI=1S/C14H18FNO4/c1-4-8(2)16-13(17)9(3)20-12-10(14(18)19)6-5-7-11(12)15/h5-9H,4H2,1-3H3,(H,16,17)(H,18,19). The number of para-hydroxylation sites is 1. The summed E-state index contributed by atoms with van der Waals surface area (Å²) in [5.41, 5.74) is -0.312. The average Bonchev–Trinajstić information content (AvgIpc) is 2.40. The van der Waals surface area contributed by atoms with E-state index in [2.05, 4.69) is 5.32 Å². The second kappa shape index (κ2) is 6.88. The van der Waals surface area contributed by atoms with Crippen LogP contribution in [0.25, 0.3) is 0 Å². The molecule has 1 aromatic carbocycles. The topological polar surface area (TPSA) is 75.6 Å². The summed E-state index contributed by atoms with van der Waals surface area (Å²) in [5.74, 6) is -2.96. The molecule has 0 spiro atoms. The molecule has 0 saturated heterocycles. The van der Waals surface area contributed by atoms with Crippen molar-refractivity contribution in [2.24, 2.45) is 0 Å². The minimum Gasteiger partial charge on any atom is -0.478 e. The number of carbonyl (C=O) groups excluding carboxylic acids is 1. The van der Waals surface area contributed by atoms with Gasteiger partial charge in [0, 0.05) is 6.04 Å². The summed E-state index contributed by atoms with van der Waals surface area (Å²) in [6.07, 6.45) is -0.238. The van der Waals surface area contributed by atoms with E-state index in [0.29, 0.717) is 0 Å². The van der Waals surface area contributed by atoms with Crippen molar-refractivity contribution in [1.29, 1.82) is 0 Å². The Morgan fingerprint density at radius 2 is 2.05 bits per heavy atom. The number of benzene rings is 1. The summed E-state index contributed by atoms with van der Waals surface area (Å²) in [6.45, 7) is 5.18. The van der Waals surface area contributed by atoms with Crippen LogP contribution in [0.4, 0.5) is 4.39 Å². The number of amides is 1. The summed E-state index contributed by atoms with van der Waals surface area (Å²) in [5, 5.41) is 11.7. The fourth-order valence-electron chi connectivity index (χ4n) is 1.49. The number of carboxylic acid groups (broad SMARTS) is 1. The Hall–Kier alpha value is -2.11. The van der Waals surface area contributed by atoms with Gasteiger partial charge in [0.05, 0.1) is 0 Å². The molecule has 20 heavy (non-hydrogen) atoms. The Balaban J connectivity index is 2.88. The van der Waals surface area contributed by atoms with Crippen molar-refractivity contribution in [3.63, 3.8) is 0 Å². The lowest BCUT2D eigenvalue weighted by molar-refractivity contribution is -0.128. The molecule has 0 radical (unpaired) electrons. The highest BCUT2D eigenvalue weighted by Gasteiger charge is 2.22. The van der Waals surface area contributed by atoms with Gasteiger partial charge >= 0.3 is 5.97 Å². The summed E-state index contributed by atoms with van der Waals surface area (Å²) in [4.78, 5) is 22.8. The third-order valence-electron chi connectivity index (χ3n) is 2.86. The Morgan fingerprint density at radius 1 is 1.40 bits per heavy atom. The largest absolute Gasteiger partial charge is 0.478 e. The number of hydrogen-bond donors (Lipinski definition) is 2. The molecule has 0 heterocycles. The molecule has 2 unspecified atom stereocenters. The maximum absolute atomic E-state index is 13.6. The highest BCUT2D eigenvalue weighted by atomic mass is 19.1. The second-order valence-electron chi connectivity index (χ2n) is 4.50. The zero-order valence-electron chi connectivity index (χ0n) is 11.6. The molecular weight excluding hydrogens is 265 g/mol. The number of aromatic carboxylic acids is 1. The zero-order chi connectivity index (χ0) is 15.3. The average molecular weight is 283 g/mol. The Labute approximate surface area is 116 Å². The first-order valence-electron chi connectivity index (χ1n) is 6.35. The number of nitrogens with one attached hydrogen (secondary N) is 1. The molecule has 110 valence electrons. The fraction of sp³-hybridized carbons (Fsp3) is 0.429. The van der Waals surface area contributed by atoms with E-state index in [4.69, 9.17) is 9.84 Å². The van der Waals surface area contributed by atoms with E-state index in [0.717, 1.165) is 12.5 Å². The molecule has 0 saturated carbocycles. The van der Waals surface area contributed by atoms with Crippen LogP contribution in [0.1, 0.15) is 37.6 Å². The normalized spacial score (nSPS) is 13.4. The van der Waals surface area contributed by atoms with Crippen LogP contribution in [0.5, 0.6) is 5.75 Å². The molecule has 1 amide bonds. The van der Waals surface area contributed by atoms with E-state index in [1.54, 1.807) is 0 Å². The zero-order valence-corrected chi connectivity index (χ0v) is 11.6. The molecule has 0 aromatic heterocycles. The Morgan fingerprint density at radius 3 is 2.60 bits per heavy atom. The van der Waals surface area contributed by atoms with Gasteiger partial charge in [-0.25, -0.2) is 9.18 Å². The van der Waals surface area contributed by atoms with Gasteiger partial charge in [0.25, 0.3) is 5.91 Å². The van der Waals surface area contributed by atoms with Crippen LogP contribution in [0, 0.1) is 5.82 Å². The third-order valence-corrected chi connectivity index (χ3v) is 2.86. The second-order valence-corrected chi connectivity index (χ2v) is 4.50. The molecular formula is C14H18FNO4. The van der Waals surface area contributed by atoms with Gasteiger partial charge < -0.3 is 15.2 Å². The quantitative estimate of drug-likeness (QED) is 0.839. The van der Waals surface area contributed by atoms with Gasteiger partial charge in [-0.15, -0.1) is 0 Å². The minimum absolute atomic E-state index is 0.0342. The summed E-state index contributed by atoms with van der Waals surface area (Å²) in [7, 11) is 0. The maximum Gasteiger partial charge on any atom is 0.339 e. The predicted molar refractivity (Wildman–Crippen MR) is 71.3 cm³/mol. The van der Waals surface area contributed by atoms with Gasteiger partial charge in [0.2, 0.25) is 0 Å². The minimum atomic E-state index is -1.31. The first-order valence-corrected chi connectivity index (χ1v) is 6.35. The van der Waals surface area contributed by atoms with Gasteiger partial charge in [-0.05, 0) is 32.4 Å². The number of carbonyl (C=O) groups is 2. The first kappa shape index (κ1) is 15.9. The molecule has 5 nitrogen and oxygen atoms in total. The predicted octanol–water partition coefficient (Wildman–Crippen LogP) is 2.21. The smallest absolute Gasteiger partial charge is 0.339 e. The maximum atomic E-state index is 13.6. The molecule has 2 N–H and O–H groups in total. The van der Waals surface area contributed by atoms with Crippen molar-refractivity contribution in [2.45, 2.75) is 39.3 Å². The molecule has 6 heteroatoms. The molecule has 0 aliphatic heterocycles. The van der Waals surface area contributed by atoms with Crippen molar-refractivity contribution in [3.05, 3.63) is 29.6 Å². The van der Waals surface area contributed by atoms with Crippen molar-refractivity contribution in [3.8, 4) is 5.75 Å². The third kappa shape index (κ3) is 3.94. The van der Waals surface area contributed by atoms with Crippen LogP contribution >= 0.6 is 0 Å². The van der Waals surface area contributed by atoms with Crippen LogP contribution in [0.15, 0.2) is 18.2 Å². The van der Waals surface area contributed by atoms with Crippen molar-refractivity contribution >= 4 is 11.9 Å². The number of rotatable bonds is 6. The number of carboxylic acids is 1. The highest BCUT2D eigenvalue weighted by Crippen LogP contribution is 2.24. The number of halogens is 1. The van der Waals surface area contributed by atoms with Gasteiger partial charge in [-0.3, -0.25) is 4.79 Å². The van der Waals surface area contributed by atoms with Crippen LogP contribution in [-0.2, 0) is 4.79 Å². The van der Waals surface area contributed by atoms with E-state index >= 15 is 0 Å². The molecule has 1 aromatic rings. The summed E-state index contributed by atoms with van der Waals surface area (Å²) < 4.78 is 18.8. The van der Waals surface area contributed by atoms with E-state index < -0.39 is 29.5 Å². The van der Waals surface area contributed by atoms with E-state index in [-0.39, 0.29) is 11.6 Å². The lowest BCUT2D eigenvalue weighted by Crippen LogP contribution is -2.41. The molecule has 0 fully saturated rings. The Kier molecular flexibility index (Phi) is 5.49. The van der Waals surface area contributed by atoms with Crippen molar-refractivity contribution in [2.75, 3.05) is 0 Å². The van der Waals surface area contributed by atoms with Gasteiger partial charge in [0.15, 0.2) is 17.7 Å². The fourth-order valence-corrected chi connectivity index (χ4v) is 1.49. The monoisotopic (exact) mass is 283 g/mol. The summed E-state index contributed by atoms with van der Waals surface area (Å²) >= 11 is 0. The lowest BCUT2D eigenvalue weighted by atomic mass is 10.2. The molecule has 2 atom stereocenters.